The first-order valence-corrected chi connectivity index (χ1v) is 10.8. The fourth-order valence-electron chi connectivity index (χ4n) is 3.89. The van der Waals surface area contributed by atoms with Crippen LogP contribution in [0.4, 0.5) is 11.4 Å². The summed E-state index contributed by atoms with van der Waals surface area (Å²) in [5.74, 6) is -0.530. The number of hydrogen-bond donors (Lipinski definition) is 5. The van der Waals surface area contributed by atoms with Gasteiger partial charge in [-0.2, -0.15) is 0 Å². The number of anilines is 2. The van der Waals surface area contributed by atoms with E-state index in [1.807, 2.05) is 36.4 Å². The standard InChI is InChI=1S/C21H23N5O4S2/c1-25-17-6-5-15(9-16(17)12(10-27)7-18(25)19(28)29)30-11-22-13-3-2-4-14(8-13)26-20(31)23-24-21(26)32/h2-6,8-9,12,18,22,27H,7,10-11H2,1H3,(H,23,31)(H,24,32)(H,28,29). The normalized spacial score (nSPS) is 17.7. The Kier molecular flexibility index (Phi) is 6.49. The fourth-order valence-corrected chi connectivity index (χ4v) is 4.48. The number of hydrogen-bond acceptors (Lipinski definition) is 9. The number of thiol groups is 2. The Bertz CT molecular complexity index is 1120. The Labute approximate surface area is 195 Å². The van der Waals surface area contributed by atoms with E-state index >= 15 is 0 Å². The van der Waals surface area contributed by atoms with Crippen LogP contribution in [-0.4, -0.2) is 57.4 Å². The summed E-state index contributed by atoms with van der Waals surface area (Å²) >= 11 is 8.60. The van der Waals surface area contributed by atoms with Gasteiger partial charge in [-0.15, -0.1) is 35.5 Å². The van der Waals surface area contributed by atoms with Gasteiger partial charge >= 0.3 is 5.97 Å². The van der Waals surface area contributed by atoms with Gasteiger partial charge in [-0.3, -0.25) is 4.57 Å². The summed E-state index contributed by atoms with van der Waals surface area (Å²) in [6, 6.07) is 12.4. The van der Waals surface area contributed by atoms with Crippen molar-refractivity contribution >= 4 is 42.6 Å². The van der Waals surface area contributed by atoms with Crippen molar-refractivity contribution in [3.8, 4) is 11.4 Å². The van der Waals surface area contributed by atoms with Gasteiger partial charge in [-0.25, -0.2) is 4.79 Å². The first-order chi connectivity index (χ1) is 15.4. The molecular weight excluding hydrogens is 450 g/mol. The van der Waals surface area contributed by atoms with Crippen LogP contribution in [-0.2, 0) is 4.79 Å². The molecule has 3 aromatic rings. The summed E-state index contributed by atoms with van der Waals surface area (Å²) in [5, 5.41) is 31.1. The molecule has 0 saturated carbocycles. The second-order valence-corrected chi connectivity index (χ2v) is 8.25. The number of aliphatic carboxylic acids is 1. The molecule has 3 N–H and O–H groups in total. The summed E-state index contributed by atoms with van der Waals surface area (Å²) in [6.07, 6.45) is 0.340. The monoisotopic (exact) mass is 473 g/mol. The van der Waals surface area contributed by atoms with Crippen molar-refractivity contribution in [3.05, 3.63) is 48.0 Å². The third-order valence-electron chi connectivity index (χ3n) is 5.55. The number of aliphatic hydroxyl groups excluding tert-OH is 1. The number of fused-ring (bicyclic) bond motifs is 1. The fraction of sp³-hybridized carbons (Fsp3) is 0.286. The molecule has 0 fully saturated rings. The number of aliphatic hydroxyl groups is 1. The number of rotatable bonds is 7. The van der Waals surface area contributed by atoms with Crippen molar-refractivity contribution in [3.63, 3.8) is 0 Å². The van der Waals surface area contributed by atoms with Crippen molar-refractivity contribution in [2.24, 2.45) is 0 Å². The van der Waals surface area contributed by atoms with Crippen molar-refractivity contribution in [2.75, 3.05) is 30.6 Å². The van der Waals surface area contributed by atoms with E-state index in [9.17, 15) is 15.0 Å². The van der Waals surface area contributed by atoms with Crippen molar-refractivity contribution < 1.29 is 19.7 Å². The summed E-state index contributed by atoms with van der Waals surface area (Å²) in [6.45, 7) is 0.0890. The van der Waals surface area contributed by atoms with E-state index in [0.29, 0.717) is 22.5 Å². The minimum atomic E-state index is -0.898. The van der Waals surface area contributed by atoms with Crippen LogP contribution in [0, 0.1) is 0 Å². The van der Waals surface area contributed by atoms with E-state index in [1.165, 1.54) is 0 Å². The summed E-state index contributed by atoms with van der Waals surface area (Å²) in [7, 11) is 1.75. The highest BCUT2D eigenvalue weighted by Crippen LogP contribution is 2.39. The van der Waals surface area contributed by atoms with Crippen LogP contribution < -0.4 is 15.0 Å². The topological polar surface area (TPSA) is 113 Å². The summed E-state index contributed by atoms with van der Waals surface area (Å²) in [5.41, 5.74) is 3.30. The van der Waals surface area contributed by atoms with E-state index in [-0.39, 0.29) is 19.3 Å². The lowest BCUT2D eigenvalue weighted by molar-refractivity contribution is -0.139. The highest BCUT2D eigenvalue weighted by atomic mass is 32.1. The second kappa shape index (κ2) is 9.31. The third kappa shape index (κ3) is 4.36. The van der Waals surface area contributed by atoms with Crippen LogP contribution in [0.1, 0.15) is 17.9 Å². The Morgan fingerprint density at radius 1 is 1.22 bits per heavy atom. The maximum atomic E-state index is 11.5. The van der Waals surface area contributed by atoms with Crippen LogP contribution in [0.15, 0.2) is 52.8 Å². The van der Waals surface area contributed by atoms with Gasteiger partial charge in [-0.05, 0) is 48.4 Å². The van der Waals surface area contributed by atoms with Crippen molar-refractivity contribution in [2.45, 2.75) is 28.7 Å². The number of carboxylic acids is 1. The predicted molar refractivity (Wildman–Crippen MR) is 126 cm³/mol. The first-order valence-electron chi connectivity index (χ1n) is 9.90. The SMILES string of the molecule is CN1c2ccc(OCNc3cccc(-n4c(S)nnc4S)c3)cc2C(CO)CC1C(=O)O. The lowest BCUT2D eigenvalue weighted by atomic mass is 9.86. The molecule has 11 heteroatoms. The molecule has 0 spiro atoms. The van der Waals surface area contributed by atoms with Crippen LogP contribution in [0.25, 0.3) is 5.69 Å². The number of carboxylic acid groups (broad SMARTS) is 1. The Morgan fingerprint density at radius 3 is 2.66 bits per heavy atom. The maximum Gasteiger partial charge on any atom is 0.326 e. The lowest BCUT2D eigenvalue weighted by Gasteiger charge is -2.37. The Morgan fingerprint density at radius 2 is 1.97 bits per heavy atom. The Hall–Kier alpha value is -2.89. The van der Waals surface area contributed by atoms with Crippen LogP contribution in [0.3, 0.4) is 0 Å². The zero-order chi connectivity index (χ0) is 22.8. The molecule has 0 saturated heterocycles. The second-order valence-electron chi connectivity index (χ2n) is 7.45. The number of likely N-dealkylation sites (N-methyl/N-ethyl adjacent to an activating group) is 1. The number of nitrogens with one attached hydrogen (secondary N) is 1. The van der Waals surface area contributed by atoms with Gasteiger partial charge in [-0.1, -0.05) is 6.07 Å². The number of nitrogens with zero attached hydrogens (tertiary/aromatic N) is 4. The molecule has 0 radical (unpaired) electrons. The molecule has 2 unspecified atom stereocenters. The molecule has 2 atom stereocenters. The van der Waals surface area contributed by atoms with Gasteiger partial charge in [0.05, 0.1) is 12.3 Å². The first kappa shape index (κ1) is 22.3. The lowest BCUT2D eigenvalue weighted by Crippen LogP contribution is -2.43. The molecule has 2 heterocycles. The summed E-state index contributed by atoms with van der Waals surface area (Å²) in [4.78, 5) is 13.3. The highest BCUT2D eigenvalue weighted by Gasteiger charge is 2.34. The number of benzene rings is 2. The van der Waals surface area contributed by atoms with E-state index < -0.39 is 12.0 Å². The predicted octanol–water partition coefficient (Wildman–Crippen LogP) is 2.66. The highest BCUT2D eigenvalue weighted by molar-refractivity contribution is 7.80. The zero-order valence-electron chi connectivity index (χ0n) is 17.2. The third-order valence-corrected chi connectivity index (χ3v) is 6.13. The molecular formula is C21H23N5O4S2. The van der Waals surface area contributed by atoms with Gasteiger partial charge in [0.25, 0.3) is 0 Å². The number of aromatic nitrogens is 3. The minimum Gasteiger partial charge on any atom is -0.480 e. The molecule has 2 aromatic carbocycles. The van der Waals surface area contributed by atoms with Crippen LogP contribution in [0.2, 0.25) is 0 Å². The summed E-state index contributed by atoms with van der Waals surface area (Å²) < 4.78 is 7.57. The molecule has 1 aliphatic heterocycles. The van der Waals surface area contributed by atoms with Gasteiger partial charge < -0.3 is 25.2 Å². The van der Waals surface area contributed by atoms with E-state index in [0.717, 1.165) is 22.6 Å². The molecule has 4 rings (SSSR count). The number of ether oxygens (including phenoxy) is 1. The molecule has 0 bridgehead atoms. The van der Waals surface area contributed by atoms with Gasteiger partial charge in [0.15, 0.2) is 17.0 Å². The minimum absolute atomic E-state index is 0.123. The molecule has 1 aliphatic rings. The molecule has 0 aliphatic carbocycles. The van der Waals surface area contributed by atoms with E-state index in [1.54, 1.807) is 22.6 Å². The molecule has 168 valence electrons. The van der Waals surface area contributed by atoms with Crippen LogP contribution in [0.5, 0.6) is 5.75 Å². The van der Waals surface area contributed by atoms with E-state index in [4.69, 9.17) is 4.74 Å². The van der Waals surface area contributed by atoms with Crippen molar-refractivity contribution in [1.29, 1.82) is 0 Å². The molecule has 32 heavy (non-hydrogen) atoms. The van der Waals surface area contributed by atoms with Gasteiger partial charge in [0.2, 0.25) is 0 Å². The van der Waals surface area contributed by atoms with Crippen molar-refractivity contribution in [1.82, 2.24) is 14.8 Å². The van der Waals surface area contributed by atoms with E-state index in [2.05, 4.69) is 40.8 Å². The Balaban J connectivity index is 1.46. The van der Waals surface area contributed by atoms with Gasteiger partial charge in [0.1, 0.15) is 11.8 Å². The average molecular weight is 474 g/mol. The largest absolute Gasteiger partial charge is 0.480 e. The van der Waals surface area contributed by atoms with Gasteiger partial charge in [0, 0.05) is 24.3 Å². The van der Waals surface area contributed by atoms with Crippen LogP contribution >= 0.6 is 25.3 Å². The number of carbonyl (C=O) groups is 1. The maximum absolute atomic E-state index is 11.5. The molecule has 0 amide bonds. The molecule has 9 nitrogen and oxygen atoms in total. The average Bonchev–Trinajstić information content (AvgIpc) is 3.12. The zero-order valence-corrected chi connectivity index (χ0v) is 19.0. The smallest absolute Gasteiger partial charge is 0.326 e. The molecule has 1 aromatic heterocycles. The quantitative estimate of drug-likeness (QED) is 0.263.